The maximum absolute atomic E-state index is 2.44. The van der Waals surface area contributed by atoms with Crippen LogP contribution in [-0.2, 0) is 5.41 Å². The Kier molecular flexibility index (Phi) is 3.09. The molecule has 0 saturated carbocycles. The van der Waals surface area contributed by atoms with Gasteiger partial charge in [-0.1, -0.05) is 74.5 Å². The minimum absolute atomic E-state index is 0. The zero-order valence-electron chi connectivity index (χ0n) is 11.9. The van der Waals surface area contributed by atoms with Gasteiger partial charge in [0.1, 0.15) is 0 Å². The van der Waals surface area contributed by atoms with Crippen LogP contribution in [0.1, 0.15) is 31.4 Å². The van der Waals surface area contributed by atoms with E-state index in [-0.39, 0.29) is 34.8 Å². The fraction of sp³-hybridized carbons (Fsp3) is 0.263. The summed E-state index contributed by atoms with van der Waals surface area (Å²) in [5.41, 5.74) is 6.19. The van der Waals surface area contributed by atoms with E-state index in [4.69, 9.17) is 0 Å². The van der Waals surface area contributed by atoms with Crippen LogP contribution in [0.25, 0.3) is 11.1 Å². The van der Waals surface area contributed by atoms with Crippen molar-refractivity contribution < 1.29 is 0 Å². The van der Waals surface area contributed by atoms with Gasteiger partial charge >= 0.3 is 0 Å². The van der Waals surface area contributed by atoms with Crippen LogP contribution in [0.3, 0.4) is 0 Å². The molecule has 2 aromatic rings. The summed E-state index contributed by atoms with van der Waals surface area (Å²) in [5.74, 6) is 0. The Labute approximate surface area is 137 Å². The predicted octanol–water partition coefficient (Wildman–Crippen LogP) is 5.56. The monoisotopic (exact) mass is 374 g/mol. The summed E-state index contributed by atoms with van der Waals surface area (Å²) in [4.78, 5) is 0. The standard InChI is InChI=1S/C19H18.HI/c1-18(2)11-12-19(13-18)16-9-5-3-7-14(16)15-8-4-6-10-17(15)19;/h3-12H,13H2,1-2H3;1H. The van der Waals surface area contributed by atoms with Crippen LogP contribution in [-0.4, -0.2) is 0 Å². The van der Waals surface area contributed by atoms with Crippen LogP contribution in [0.5, 0.6) is 0 Å². The minimum atomic E-state index is 0. The maximum Gasteiger partial charge on any atom is 0.0402 e. The number of hydrogen-bond donors (Lipinski definition) is 0. The third kappa shape index (κ3) is 1.72. The normalized spacial score (nSPS) is 19.5. The van der Waals surface area contributed by atoms with Gasteiger partial charge in [-0.3, -0.25) is 0 Å². The first-order chi connectivity index (χ1) is 9.12. The van der Waals surface area contributed by atoms with Crippen molar-refractivity contribution in [3.63, 3.8) is 0 Å². The summed E-state index contributed by atoms with van der Waals surface area (Å²) in [6.45, 7) is 4.67. The van der Waals surface area contributed by atoms with E-state index in [0.29, 0.717) is 0 Å². The van der Waals surface area contributed by atoms with E-state index in [9.17, 15) is 0 Å². The molecule has 0 radical (unpaired) electrons. The Morgan fingerprint density at radius 2 is 1.25 bits per heavy atom. The molecular formula is C19H19I. The molecule has 0 unspecified atom stereocenters. The van der Waals surface area contributed by atoms with Gasteiger partial charge in [0.05, 0.1) is 0 Å². The molecule has 0 aromatic heterocycles. The highest BCUT2D eigenvalue weighted by atomic mass is 127. The van der Waals surface area contributed by atoms with Crippen molar-refractivity contribution in [3.8, 4) is 11.1 Å². The smallest absolute Gasteiger partial charge is 0.0402 e. The molecule has 2 aliphatic carbocycles. The molecule has 0 saturated heterocycles. The summed E-state index contributed by atoms with van der Waals surface area (Å²) in [7, 11) is 0. The van der Waals surface area contributed by atoms with E-state index in [1.807, 2.05) is 0 Å². The molecule has 1 spiro atoms. The fourth-order valence-electron chi connectivity index (χ4n) is 3.93. The van der Waals surface area contributed by atoms with Crippen LogP contribution in [0, 0.1) is 5.41 Å². The summed E-state index contributed by atoms with van der Waals surface area (Å²) in [5, 5.41) is 0. The van der Waals surface area contributed by atoms with Crippen molar-refractivity contribution in [1.82, 2.24) is 0 Å². The number of halogens is 1. The molecule has 0 aliphatic heterocycles. The Morgan fingerprint density at radius 1 is 0.750 bits per heavy atom. The molecule has 102 valence electrons. The van der Waals surface area contributed by atoms with E-state index in [2.05, 4.69) is 74.5 Å². The first-order valence-corrected chi connectivity index (χ1v) is 7.02. The molecule has 1 heteroatoms. The summed E-state index contributed by atoms with van der Waals surface area (Å²) in [6, 6.07) is 17.8. The van der Waals surface area contributed by atoms with Crippen molar-refractivity contribution in [2.45, 2.75) is 25.7 Å². The minimum Gasteiger partial charge on any atom is -0.107 e. The van der Waals surface area contributed by atoms with Gasteiger partial charge in [-0.25, -0.2) is 0 Å². The second-order valence-corrected chi connectivity index (χ2v) is 6.56. The highest BCUT2D eigenvalue weighted by Crippen LogP contribution is 2.57. The number of allylic oxidation sites excluding steroid dienone is 2. The molecule has 2 aromatic carbocycles. The first-order valence-electron chi connectivity index (χ1n) is 7.02. The summed E-state index contributed by atoms with van der Waals surface area (Å²) in [6.07, 6.45) is 6.01. The van der Waals surface area contributed by atoms with Crippen LogP contribution in [0.15, 0.2) is 60.7 Å². The van der Waals surface area contributed by atoms with E-state index in [1.165, 1.54) is 28.7 Å². The van der Waals surface area contributed by atoms with Gasteiger partial charge in [-0.05, 0) is 34.1 Å². The Hall–Kier alpha value is -1.09. The predicted molar refractivity (Wildman–Crippen MR) is 95.6 cm³/mol. The number of hydrogen-bond acceptors (Lipinski definition) is 0. The van der Waals surface area contributed by atoms with Gasteiger partial charge in [0, 0.05) is 5.41 Å². The van der Waals surface area contributed by atoms with Gasteiger partial charge in [0.15, 0.2) is 0 Å². The Morgan fingerprint density at radius 3 is 1.70 bits per heavy atom. The zero-order valence-corrected chi connectivity index (χ0v) is 14.2. The van der Waals surface area contributed by atoms with Gasteiger partial charge in [-0.2, -0.15) is 0 Å². The lowest BCUT2D eigenvalue weighted by atomic mass is 9.73. The fourth-order valence-corrected chi connectivity index (χ4v) is 3.93. The third-order valence-electron chi connectivity index (χ3n) is 4.66. The molecule has 0 nitrogen and oxygen atoms in total. The molecule has 0 heterocycles. The van der Waals surface area contributed by atoms with E-state index < -0.39 is 0 Å². The molecule has 0 bridgehead atoms. The largest absolute Gasteiger partial charge is 0.107 e. The topological polar surface area (TPSA) is 0 Å². The van der Waals surface area contributed by atoms with Gasteiger partial charge in [-0.15, -0.1) is 24.0 Å². The van der Waals surface area contributed by atoms with Crippen molar-refractivity contribution >= 4 is 24.0 Å². The average molecular weight is 374 g/mol. The van der Waals surface area contributed by atoms with Crippen LogP contribution in [0.2, 0.25) is 0 Å². The number of rotatable bonds is 0. The number of fused-ring (bicyclic) bond motifs is 5. The average Bonchev–Trinajstić information content (AvgIpc) is 2.89. The van der Waals surface area contributed by atoms with Crippen LogP contribution in [0.4, 0.5) is 0 Å². The van der Waals surface area contributed by atoms with E-state index in [0.717, 1.165) is 0 Å². The van der Waals surface area contributed by atoms with E-state index in [1.54, 1.807) is 0 Å². The summed E-state index contributed by atoms with van der Waals surface area (Å²) < 4.78 is 0. The van der Waals surface area contributed by atoms with E-state index >= 15 is 0 Å². The number of benzene rings is 2. The van der Waals surface area contributed by atoms with Crippen molar-refractivity contribution in [3.05, 3.63) is 71.8 Å². The molecule has 20 heavy (non-hydrogen) atoms. The molecule has 2 aliphatic rings. The first kappa shape index (κ1) is 13.9. The summed E-state index contributed by atoms with van der Waals surface area (Å²) >= 11 is 0. The molecule has 0 atom stereocenters. The van der Waals surface area contributed by atoms with Crippen molar-refractivity contribution in [1.29, 1.82) is 0 Å². The quantitative estimate of drug-likeness (QED) is 0.419. The molecule has 4 rings (SSSR count). The Balaban J connectivity index is 0.00000121. The second kappa shape index (κ2) is 4.45. The third-order valence-corrected chi connectivity index (χ3v) is 4.66. The van der Waals surface area contributed by atoms with Crippen molar-refractivity contribution in [2.24, 2.45) is 5.41 Å². The molecule has 0 N–H and O–H groups in total. The van der Waals surface area contributed by atoms with Crippen LogP contribution < -0.4 is 0 Å². The highest BCUT2D eigenvalue weighted by Gasteiger charge is 2.46. The lowest BCUT2D eigenvalue weighted by Crippen LogP contribution is -2.23. The lowest BCUT2D eigenvalue weighted by Gasteiger charge is -2.29. The lowest BCUT2D eigenvalue weighted by molar-refractivity contribution is 0.406. The molecule has 0 amide bonds. The van der Waals surface area contributed by atoms with Gasteiger partial charge < -0.3 is 0 Å². The van der Waals surface area contributed by atoms with Crippen LogP contribution >= 0.6 is 24.0 Å². The van der Waals surface area contributed by atoms with Gasteiger partial charge in [0.25, 0.3) is 0 Å². The second-order valence-electron chi connectivity index (χ2n) is 6.56. The SMILES string of the molecule is CC1(C)C=CC2(C1)c1ccccc1-c1ccccc12.I. The Bertz CT molecular complexity index is 649. The molecular weight excluding hydrogens is 355 g/mol. The maximum atomic E-state index is 2.44. The molecule has 0 fully saturated rings. The van der Waals surface area contributed by atoms with Gasteiger partial charge in [0.2, 0.25) is 0 Å². The highest BCUT2D eigenvalue weighted by molar-refractivity contribution is 14.0. The zero-order chi connectivity index (χ0) is 13.1. The van der Waals surface area contributed by atoms with Crippen molar-refractivity contribution in [2.75, 3.05) is 0 Å².